The van der Waals surface area contributed by atoms with Crippen LogP contribution in [0.3, 0.4) is 0 Å². The Morgan fingerprint density at radius 1 is 1.18 bits per heavy atom. The molecule has 2 rings (SSSR count). The highest BCUT2D eigenvalue weighted by atomic mass is 16.4. The Morgan fingerprint density at radius 2 is 1.88 bits per heavy atom. The van der Waals surface area contributed by atoms with E-state index in [1.54, 1.807) is 0 Å². The van der Waals surface area contributed by atoms with Crippen molar-refractivity contribution in [3.63, 3.8) is 0 Å². The van der Waals surface area contributed by atoms with E-state index in [9.17, 15) is 4.79 Å². The summed E-state index contributed by atoms with van der Waals surface area (Å²) in [6.07, 6.45) is 0.708. The zero-order chi connectivity index (χ0) is 12.6. The molecular formula is C15H18O2. The van der Waals surface area contributed by atoms with E-state index in [1.807, 2.05) is 25.1 Å². The van der Waals surface area contributed by atoms with Crippen LogP contribution in [0.25, 0.3) is 11.0 Å². The Hall–Kier alpha value is -1.57. The third-order valence-electron chi connectivity index (χ3n) is 3.06. The van der Waals surface area contributed by atoms with Crippen LogP contribution in [0.5, 0.6) is 0 Å². The van der Waals surface area contributed by atoms with Crippen molar-refractivity contribution < 1.29 is 4.42 Å². The second kappa shape index (κ2) is 4.02. The van der Waals surface area contributed by atoms with E-state index in [4.69, 9.17) is 4.42 Å². The van der Waals surface area contributed by atoms with Gasteiger partial charge in [-0.15, -0.1) is 0 Å². The van der Waals surface area contributed by atoms with E-state index in [-0.39, 0.29) is 11.0 Å². The molecule has 1 heterocycles. The molecule has 0 aliphatic rings. The van der Waals surface area contributed by atoms with Gasteiger partial charge in [-0.3, -0.25) is 0 Å². The third kappa shape index (κ3) is 2.26. The molecule has 2 heteroatoms. The molecule has 2 aromatic rings. The Morgan fingerprint density at radius 3 is 2.47 bits per heavy atom. The lowest BCUT2D eigenvalue weighted by Gasteiger charge is -2.18. The topological polar surface area (TPSA) is 30.2 Å². The molecule has 0 saturated carbocycles. The lowest BCUT2D eigenvalue weighted by Crippen LogP contribution is -2.11. The first kappa shape index (κ1) is 11.9. The Balaban J connectivity index is 2.68. The molecule has 0 atom stereocenters. The largest absolute Gasteiger partial charge is 0.423 e. The molecule has 0 saturated heterocycles. The van der Waals surface area contributed by atoms with Gasteiger partial charge in [0, 0.05) is 10.9 Å². The number of rotatable bonds is 1. The molecule has 0 amide bonds. The molecule has 17 heavy (non-hydrogen) atoms. The van der Waals surface area contributed by atoms with Crippen LogP contribution in [0.4, 0.5) is 0 Å². The Bertz CT molecular complexity index is 600. The monoisotopic (exact) mass is 230 g/mol. The minimum absolute atomic E-state index is 0.0657. The van der Waals surface area contributed by atoms with E-state index in [0.29, 0.717) is 12.0 Å². The van der Waals surface area contributed by atoms with E-state index in [0.717, 1.165) is 10.9 Å². The Kier molecular flexibility index (Phi) is 2.82. The normalized spacial score (nSPS) is 12.0. The number of benzene rings is 1. The summed E-state index contributed by atoms with van der Waals surface area (Å²) in [6, 6.07) is 8.02. The van der Waals surface area contributed by atoms with Gasteiger partial charge in [-0.25, -0.2) is 4.79 Å². The van der Waals surface area contributed by atoms with Gasteiger partial charge in [-0.1, -0.05) is 39.8 Å². The highest BCUT2D eigenvalue weighted by Gasteiger charge is 2.14. The van der Waals surface area contributed by atoms with Gasteiger partial charge < -0.3 is 4.42 Å². The van der Waals surface area contributed by atoms with Crippen LogP contribution in [0.2, 0.25) is 0 Å². The maximum absolute atomic E-state index is 11.7. The van der Waals surface area contributed by atoms with Crippen molar-refractivity contribution in [3.05, 3.63) is 45.8 Å². The maximum atomic E-state index is 11.7. The molecule has 0 fully saturated rings. The van der Waals surface area contributed by atoms with E-state index < -0.39 is 0 Å². The molecule has 0 bridgehead atoms. The summed E-state index contributed by atoms with van der Waals surface area (Å²) in [7, 11) is 0. The minimum Gasteiger partial charge on any atom is -0.423 e. The van der Waals surface area contributed by atoms with E-state index >= 15 is 0 Å². The van der Waals surface area contributed by atoms with Gasteiger partial charge in [0.05, 0.1) is 0 Å². The smallest absolute Gasteiger partial charge is 0.339 e. The van der Waals surface area contributed by atoms with Crippen LogP contribution in [-0.2, 0) is 11.8 Å². The number of hydrogen-bond acceptors (Lipinski definition) is 2. The van der Waals surface area contributed by atoms with Crippen molar-refractivity contribution in [1.82, 2.24) is 0 Å². The fourth-order valence-corrected chi connectivity index (χ4v) is 1.87. The van der Waals surface area contributed by atoms with Crippen LogP contribution < -0.4 is 5.63 Å². The van der Waals surface area contributed by atoms with Crippen molar-refractivity contribution >= 4 is 11.0 Å². The molecule has 1 aromatic heterocycles. The van der Waals surface area contributed by atoms with Crippen molar-refractivity contribution in [2.24, 2.45) is 0 Å². The number of aryl methyl sites for hydroxylation is 1. The second-order valence-electron chi connectivity index (χ2n) is 5.42. The average molecular weight is 230 g/mol. The second-order valence-corrected chi connectivity index (χ2v) is 5.42. The lowest BCUT2D eigenvalue weighted by atomic mass is 9.86. The van der Waals surface area contributed by atoms with E-state index in [2.05, 4.69) is 26.8 Å². The number of hydrogen-bond donors (Lipinski definition) is 0. The predicted octanol–water partition coefficient (Wildman–Crippen LogP) is 3.65. The maximum Gasteiger partial charge on any atom is 0.339 e. The van der Waals surface area contributed by atoms with Gasteiger partial charge >= 0.3 is 5.63 Å². The molecule has 0 spiro atoms. The molecule has 2 nitrogen and oxygen atoms in total. The van der Waals surface area contributed by atoms with Crippen LogP contribution >= 0.6 is 0 Å². The van der Waals surface area contributed by atoms with Gasteiger partial charge in [-0.2, -0.15) is 0 Å². The van der Waals surface area contributed by atoms with Gasteiger partial charge in [0.25, 0.3) is 0 Å². The molecule has 1 aromatic carbocycles. The fraction of sp³-hybridized carbons (Fsp3) is 0.400. The minimum atomic E-state index is -0.217. The Labute approximate surface area is 101 Å². The molecule has 0 aliphatic carbocycles. The zero-order valence-electron chi connectivity index (χ0n) is 10.8. The molecule has 0 N–H and O–H groups in total. The average Bonchev–Trinajstić information content (AvgIpc) is 2.26. The summed E-state index contributed by atoms with van der Waals surface area (Å²) in [5, 5.41) is 0.995. The summed E-state index contributed by atoms with van der Waals surface area (Å²) in [4.78, 5) is 11.7. The molecular weight excluding hydrogens is 212 g/mol. The van der Waals surface area contributed by atoms with Crippen LogP contribution in [0, 0.1) is 0 Å². The SMILES string of the molecule is CCc1cc2ccc(C(C)(C)C)cc2oc1=O. The van der Waals surface area contributed by atoms with Crippen LogP contribution in [0.1, 0.15) is 38.8 Å². The zero-order valence-corrected chi connectivity index (χ0v) is 10.8. The van der Waals surface area contributed by atoms with Crippen molar-refractivity contribution in [1.29, 1.82) is 0 Å². The van der Waals surface area contributed by atoms with Crippen LogP contribution in [-0.4, -0.2) is 0 Å². The molecule has 0 unspecified atom stereocenters. The standard InChI is InChI=1S/C15H18O2/c1-5-10-8-11-6-7-12(15(2,3)4)9-13(11)17-14(10)16/h6-9H,5H2,1-4H3. The van der Waals surface area contributed by atoms with Crippen molar-refractivity contribution in [3.8, 4) is 0 Å². The van der Waals surface area contributed by atoms with Gasteiger partial charge in [0.2, 0.25) is 0 Å². The molecule has 90 valence electrons. The first-order valence-electron chi connectivity index (χ1n) is 5.99. The summed E-state index contributed by atoms with van der Waals surface area (Å²) in [5.41, 5.74) is 2.44. The molecule has 0 aliphatic heterocycles. The van der Waals surface area contributed by atoms with Gasteiger partial charge in [0.1, 0.15) is 5.58 Å². The van der Waals surface area contributed by atoms with Gasteiger partial charge in [-0.05, 0) is 29.5 Å². The quantitative estimate of drug-likeness (QED) is 0.700. The fourth-order valence-electron chi connectivity index (χ4n) is 1.87. The summed E-state index contributed by atoms with van der Waals surface area (Å²) in [5.74, 6) is 0. The van der Waals surface area contributed by atoms with E-state index in [1.165, 1.54) is 5.56 Å². The molecule has 0 radical (unpaired) electrons. The number of fused-ring (bicyclic) bond motifs is 1. The summed E-state index contributed by atoms with van der Waals surface area (Å²) >= 11 is 0. The summed E-state index contributed by atoms with van der Waals surface area (Å²) < 4.78 is 5.36. The summed E-state index contributed by atoms with van der Waals surface area (Å²) in [6.45, 7) is 8.40. The highest BCUT2D eigenvalue weighted by Crippen LogP contribution is 2.25. The highest BCUT2D eigenvalue weighted by molar-refractivity contribution is 5.78. The lowest BCUT2D eigenvalue weighted by molar-refractivity contribution is 0.545. The van der Waals surface area contributed by atoms with Crippen molar-refractivity contribution in [2.75, 3.05) is 0 Å². The van der Waals surface area contributed by atoms with Crippen LogP contribution in [0.15, 0.2) is 33.5 Å². The van der Waals surface area contributed by atoms with Crippen molar-refractivity contribution in [2.45, 2.75) is 39.5 Å². The predicted molar refractivity (Wildman–Crippen MR) is 70.6 cm³/mol. The van der Waals surface area contributed by atoms with Gasteiger partial charge in [0.15, 0.2) is 0 Å². The first-order valence-corrected chi connectivity index (χ1v) is 5.99. The third-order valence-corrected chi connectivity index (χ3v) is 3.06. The first-order chi connectivity index (χ1) is 7.91.